The van der Waals surface area contributed by atoms with Gasteiger partial charge in [0.25, 0.3) is 0 Å². The van der Waals surface area contributed by atoms with Gasteiger partial charge in [0.1, 0.15) is 0 Å². The number of nitrogens with one attached hydrogen (secondary N) is 1. The highest BCUT2D eigenvalue weighted by molar-refractivity contribution is 9.10. The van der Waals surface area contributed by atoms with Crippen LogP contribution in [-0.2, 0) is 14.9 Å². The second kappa shape index (κ2) is 4.69. The van der Waals surface area contributed by atoms with Crippen LogP contribution < -0.4 is 5.32 Å². The van der Waals surface area contributed by atoms with Crippen LogP contribution in [0.4, 0.5) is 0 Å². The molecule has 0 aromatic heterocycles. The van der Waals surface area contributed by atoms with E-state index >= 15 is 0 Å². The van der Waals surface area contributed by atoms with E-state index in [2.05, 4.69) is 39.4 Å². The molecular formula is C13H16BrNO2. The van der Waals surface area contributed by atoms with Gasteiger partial charge in [-0.2, -0.15) is 0 Å². The lowest BCUT2D eigenvalue weighted by Crippen LogP contribution is -2.61. The van der Waals surface area contributed by atoms with Crippen LogP contribution in [-0.4, -0.2) is 39.0 Å². The van der Waals surface area contributed by atoms with Crippen LogP contribution in [0.3, 0.4) is 0 Å². The van der Waals surface area contributed by atoms with Crippen molar-refractivity contribution in [1.29, 1.82) is 0 Å². The van der Waals surface area contributed by atoms with Crippen LogP contribution in [0.2, 0.25) is 0 Å². The predicted molar refractivity (Wildman–Crippen MR) is 69.2 cm³/mol. The molecule has 0 bridgehead atoms. The summed E-state index contributed by atoms with van der Waals surface area (Å²) >= 11 is 3.64. The van der Waals surface area contributed by atoms with E-state index in [-0.39, 0.29) is 11.5 Å². The van der Waals surface area contributed by atoms with Crippen LogP contribution in [0.25, 0.3) is 0 Å². The Balaban J connectivity index is 1.93. The zero-order chi connectivity index (χ0) is 11.7. The van der Waals surface area contributed by atoms with E-state index < -0.39 is 0 Å². The van der Waals surface area contributed by atoms with Gasteiger partial charge in [-0.25, -0.2) is 0 Å². The smallest absolute Gasteiger partial charge is 0.0841 e. The Kier molecular flexibility index (Phi) is 3.21. The van der Waals surface area contributed by atoms with E-state index in [1.807, 2.05) is 6.07 Å². The van der Waals surface area contributed by atoms with Crippen LogP contribution >= 0.6 is 15.9 Å². The van der Waals surface area contributed by atoms with Gasteiger partial charge >= 0.3 is 0 Å². The van der Waals surface area contributed by atoms with Crippen molar-refractivity contribution in [3.05, 3.63) is 34.3 Å². The van der Waals surface area contributed by atoms with Gasteiger partial charge in [-0.1, -0.05) is 34.1 Å². The summed E-state index contributed by atoms with van der Waals surface area (Å²) in [7, 11) is 0. The van der Waals surface area contributed by atoms with Gasteiger partial charge < -0.3 is 14.8 Å². The van der Waals surface area contributed by atoms with Crippen molar-refractivity contribution in [3.8, 4) is 0 Å². The second-order valence-electron chi connectivity index (χ2n) is 4.69. The maximum atomic E-state index is 5.93. The first-order valence-electron chi connectivity index (χ1n) is 5.98. The lowest BCUT2D eigenvalue weighted by molar-refractivity contribution is -0.146. The van der Waals surface area contributed by atoms with Crippen LogP contribution in [0.15, 0.2) is 28.7 Å². The van der Waals surface area contributed by atoms with Gasteiger partial charge in [-0.05, 0) is 11.6 Å². The summed E-state index contributed by atoms with van der Waals surface area (Å²) in [5.74, 6) is 0. The van der Waals surface area contributed by atoms with Crippen molar-refractivity contribution in [2.24, 2.45) is 0 Å². The molecule has 0 aliphatic carbocycles. The molecule has 0 saturated carbocycles. The first kappa shape index (κ1) is 11.7. The number of benzene rings is 1. The number of rotatable bonds is 2. The molecule has 2 aliphatic heterocycles. The summed E-state index contributed by atoms with van der Waals surface area (Å²) in [5.41, 5.74) is 1.33. The summed E-state index contributed by atoms with van der Waals surface area (Å²) in [6.45, 7) is 4.15. The molecule has 3 nitrogen and oxygen atoms in total. The Labute approximate surface area is 110 Å². The molecule has 0 radical (unpaired) electrons. The molecule has 1 N–H and O–H groups in total. The molecule has 3 rings (SSSR count). The zero-order valence-corrected chi connectivity index (χ0v) is 11.2. The van der Waals surface area contributed by atoms with Crippen LogP contribution in [0, 0.1) is 0 Å². The summed E-state index contributed by atoms with van der Waals surface area (Å²) < 4.78 is 12.6. The van der Waals surface area contributed by atoms with Gasteiger partial charge in [-0.15, -0.1) is 0 Å². The van der Waals surface area contributed by atoms with Crippen molar-refractivity contribution in [2.75, 3.05) is 32.9 Å². The molecule has 1 aromatic rings. The fourth-order valence-corrected chi connectivity index (χ4v) is 3.30. The molecule has 4 heteroatoms. The number of hydrogen-bond acceptors (Lipinski definition) is 3. The van der Waals surface area contributed by atoms with Crippen molar-refractivity contribution in [3.63, 3.8) is 0 Å². The number of hydrogen-bond donors (Lipinski definition) is 1. The summed E-state index contributed by atoms with van der Waals surface area (Å²) in [6, 6.07) is 8.38. The van der Waals surface area contributed by atoms with E-state index in [1.165, 1.54) is 5.56 Å². The molecule has 17 heavy (non-hydrogen) atoms. The lowest BCUT2D eigenvalue weighted by atomic mass is 9.73. The molecule has 92 valence electrons. The quantitative estimate of drug-likeness (QED) is 0.901. The Bertz CT molecular complexity index is 400. The van der Waals surface area contributed by atoms with Gasteiger partial charge in [0.2, 0.25) is 0 Å². The Hall–Kier alpha value is -0.420. The van der Waals surface area contributed by atoms with Gasteiger partial charge in [-0.3, -0.25) is 0 Å². The Morgan fingerprint density at radius 2 is 2.12 bits per heavy atom. The molecule has 2 aliphatic rings. The average molecular weight is 298 g/mol. The molecule has 2 fully saturated rings. The third-order valence-corrected chi connectivity index (χ3v) is 4.36. The molecule has 1 aromatic carbocycles. The first-order chi connectivity index (χ1) is 8.33. The topological polar surface area (TPSA) is 30.5 Å². The van der Waals surface area contributed by atoms with Crippen molar-refractivity contribution >= 4 is 15.9 Å². The third kappa shape index (κ3) is 1.93. The van der Waals surface area contributed by atoms with Crippen molar-refractivity contribution in [2.45, 2.75) is 11.5 Å². The molecule has 0 amide bonds. The third-order valence-electron chi connectivity index (χ3n) is 3.67. The highest BCUT2D eigenvalue weighted by atomic mass is 79.9. The normalized spacial score (nSPS) is 27.5. The molecule has 1 unspecified atom stereocenters. The van der Waals surface area contributed by atoms with E-state index in [0.29, 0.717) is 0 Å². The number of halogens is 1. The lowest BCUT2D eigenvalue weighted by Gasteiger charge is -2.48. The molecule has 2 heterocycles. The summed E-state index contributed by atoms with van der Waals surface area (Å²) in [5, 5.41) is 3.40. The van der Waals surface area contributed by atoms with E-state index in [4.69, 9.17) is 9.47 Å². The predicted octanol–water partition coefficient (Wildman–Crippen LogP) is 1.71. The van der Waals surface area contributed by atoms with Crippen LogP contribution in [0.1, 0.15) is 5.56 Å². The molecular weight excluding hydrogens is 282 g/mol. The standard InChI is InChI=1S/C13H16BrNO2/c14-11-4-2-1-3-10(11)13(8-16-9-13)12-7-15-5-6-17-12/h1-4,12,15H,5-9H2. The fraction of sp³-hybridized carbons (Fsp3) is 0.538. The minimum Gasteiger partial charge on any atom is -0.379 e. The fourth-order valence-electron chi connectivity index (χ4n) is 2.62. The van der Waals surface area contributed by atoms with E-state index in [9.17, 15) is 0 Å². The van der Waals surface area contributed by atoms with Crippen molar-refractivity contribution in [1.82, 2.24) is 5.32 Å². The van der Waals surface area contributed by atoms with Gasteiger partial charge in [0, 0.05) is 17.6 Å². The number of ether oxygens (including phenoxy) is 2. The molecule has 0 spiro atoms. The van der Waals surface area contributed by atoms with Gasteiger partial charge in [0.05, 0.1) is 31.3 Å². The maximum Gasteiger partial charge on any atom is 0.0841 e. The summed E-state index contributed by atoms with van der Waals surface area (Å²) in [6.07, 6.45) is 0.212. The first-order valence-corrected chi connectivity index (χ1v) is 6.77. The monoisotopic (exact) mass is 297 g/mol. The highest BCUT2D eigenvalue weighted by Gasteiger charge is 2.49. The SMILES string of the molecule is Brc1ccccc1C1(C2CNCCO2)COC1. The van der Waals surface area contributed by atoms with Gasteiger partial charge in [0.15, 0.2) is 0 Å². The minimum atomic E-state index is 0.0213. The largest absolute Gasteiger partial charge is 0.379 e. The van der Waals surface area contributed by atoms with Crippen LogP contribution in [0.5, 0.6) is 0 Å². The highest BCUT2D eigenvalue weighted by Crippen LogP contribution is 2.41. The molecule has 2 saturated heterocycles. The maximum absolute atomic E-state index is 5.93. The van der Waals surface area contributed by atoms with Crippen molar-refractivity contribution < 1.29 is 9.47 Å². The second-order valence-corrected chi connectivity index (χ2v) is 5.55. The van der Waals surface area contributed by atoms with E-state index in [0.717, 1.165) is 37.4 Å². The summed E-state index contributed by atoms with van der Waals surface area (Å²) in [4.78, 5) is 0. The minimum absolute atomic E-state index is 0.0213. The molecule has 1 atom stereocenters. The number of morpholine rings is 1. The average Bonchev–Trinajstić information content (AvgIpc) is 2.32. The Morgan fingerprint density at radius 3 is 2.71 bits per heavy atom. The zero-order valence-electron chi connectivity index (χ0n) is 9.62. The Morgan fingerprint density at radius 1 is 1.29 bits per heavy atom. The van der Waals surface area contributed by atoms with E-state index in [1.54, 1.807) is 0 Å².